The van der Waals surface area contributed by atoms with E-state index in [2.05, 4.69) is 30.0 Å². The molecule has 160 valence electrons. The maximum Gasteiger partial charge on any atom is 0.266 e. The number of aromatic nitrogens is 2. The predicted molar refractivity (Wildman–Crippen MR) is 114 cm³/mol. The summed E-state index contributed by atoms with van der Waals surface area (Å²) in [6.07, 6.45) is 5.52. The number of benzene rings is 1. The minimum absolute atomic E-state index is 0.0556. The van der Waals surface area contributed by atoms with Crippen LogP contribution >= 0.6 is 23.1 Å². The van der Waals surface area contributed by atoms with Crippen molar-refractivity contribution >= 4 is 44.0 Å². The van der Waals surface area contributed by atoms with Crippen molar-refractivity contribution in [1.29, 1.82) is 0 Å². The molecule has 0 unspecified atom stereocenters. The molecule has 1 aliphatic heterocycles. The fourth-order valence-electron chi connectivity index (χ4n) is 3.06. The van der Waals surface area contributed by atoms with E-state index in [0.717, 1.165) is 56.1 Å². The second-order valence-corrected chi connectivity index (χ2v) is 9.58. The molecule has 4 N–H and O–H groups in total. The van der Waals surface area contributed by atoms with Crippen LogP contribution in [0.25, 0.3) is 0 Å². The first-order chi connectivity index (χ1) is 14.0. The molecule has 0 amide bonds. The first kappa shape index (κ1) is 22.2. The van der Waals surface area contributed by atoms with Crippen LogP contribution in [0.1, 0.15) is 25.7 Å². The highest BCUT2D eigenvalue weighted by atomic mass is 35.5. The molecule has 3 rings (SSSR count). The summed E-state index contributed by atoms with van der Waals surface area (Å²) in [7, 11) is -4.14. The minimum Gasteiger partial charge on any atom is -0.384 e. The number of sulfonamides is 1. The van der Waals surface area contributed by atoms with Gasteiger partial charge in [-0.1, -0.05) is 11.6 Å². The largest absolute Gasteiger partial charge is 0.384 e. The number of anilines is 2. The fourth-order valence-corrected chi connectivity index (χ4v) is 5.11. The zero-order chi connectivity index (χ0) is 20.7. The van der Waals surface area contributed by atoms with Gasteiger partial charge in [-0.2, -0.15) is 4.37 Å². The van der Waals surface area contributed by atoms with Gasteiger partial charge < -0.3 is 16.0 Å². The Morgan fingerprint density at radius 2 is 2.14 bits per heavy atom. The van der Waals surface area contributed by atoms with Gasteiger partial charge >= 0.3 is 0 Å². The average molecular weight is 463 g/mol. The normalized spacial score (nSPS) is 16.8. The molecule has 1 saturated heterocycles. The number of unbranched alkanes of at least 4 members (excludes halogenated alkanes) is 1. The average Bonchev–Trinajstić information content (AvgIpc) is 3.37. The Morgan fingerprint density at radius 1 is 1.31 bits per heavy atom. The SMILES string of the molecule is O=S(=O)(Nc1ncns1)c1cc(Cl)c(NCCCCNC[C@@H]2CCCN2)cc1F. The highest BCUT2D eigenvalue weighted by Crippen LogP contribution is 2.29. The molecule has 1 atom stereocenters. The molecule has 1 aliphatic rings. The lowest BCUT2D eigenvalue weighted by Crippen LogP contribution is -2.34. The second-order valence-electron chi connectivity index (χ2n) is 6.75. The number of halogens is 2. The third kappa shape index (κ3) is 6.48. The standard InChI is InChI=1S/C17H24ClFN6O2S2/c18-13-8-16(29(26,27)25-17-23-11-24-28-17)14(19)9-15(13)22-6-2-1-5-20-10-12-4-3-7-21-12/h8-9,11-12,20-22H,1-7,10H2,(H,23,24,25)/t12-/m0/s1. The summed E-state index contributed by atoms with van der Waals surface area (Å²) in [5.41, 5.74) is 0.363. The van der Waals surface area contributed by atoms with Crippen LogP contribution < -0.4 is 20.7 Å². The van der Waals surface area contributed by atoms with Crippen LogP contribution in [0.5, 0.6) is 0 Å². The smallest absolute Gasteiger partial charge is 0.266 e. The van der Waals surface area contributed by atoms with Crippen molar-refractivity contribution < 1.29 is 12.8 Å². The van der Waals surface area contributed by atoms with Crippen molar-refractivity contribution in [3.8, 4) is 0 Å². The molecule has 2 heterocycles. The van der Waals surface area contributed by atoms with E-state index in [9.17, 15) is 12.8 Å². The first-order valence-electron chi connectivity index (χ1n) is 9.42. The monoisotopic (exact) mass is 462 g/mol. The number of hydrogen-bond acceptors (Lipinski definition) is 8. The topological polar surface area (TPSA) is 108 Å². The lowest BCUT2D eigenvalue weighted by molar-refractivity contribution is 0.526. The maximum atomic E-state index is 14.4. The molecule has 1 fully saturated rings. The van der Waals surface area contributed by atoms with Crippen LogP contribution in [0.2, 0.25) is 5.02 Å². The van der Waals surface area contributed by atoms with Gasteiger partial charge in [0, 0.05) is 30.7 Å². The maximum absolute atomic E-state index is 14.4. The highest BCUT2D eigenvalue weighted by molar-refractivity contribution is 7.93. The molecule has 0 saturated carbocycles. The molecule has 29 heavy (non-hydrogen) atoms. The molecule has 0 aliphatic carbocycles. The third-order valence-electron chi connectivity index (χ3n) is 4.54. The third-order valence-corrected chi connectivity index (χ3v) is 6.92. The van der Waals surface area contributed by atoms with Gasteiger partial charge in [0.1, 0.15) is 17.0 Å². The molecular formula is C17H24ClFN6O2S2. The van der Waals surface area contributed by atoms with Crippen LogP contribution in [0.15, 0.2) is 23.4 Å². The predicted octanol–water partition coefficient (Wildman–Crippen LogP) is 2.67. The van der Waals surface area contributed by atoms with Crippen molar-refractivity contribution in [3.05, 3.63) is 29.3 Å². The summed E-state index contributed by atoms with van der Waals surface area (Å²) in [4.78, 5) is 3.20. The number of nitrogens with one attached hydrogen (secondary N) is 4. The Labute approximate surface area is 178 Å². The van der Waals surface area contributed by atoms with E-state index in [1.807, 2.05) is 0 Å². The Bertz CT molecular complexity index is 892. The summed E-state index contributed by atoms with van der Waals surface area (Å²) < 4.78 is 45.0. The Balaban J connectivity index is 1.46. The van der Waals surface area contributed by atoms with Crippen LogP contribution in [-0.2, 0) is 10.0 Å². The molecule has 12 heteroatoms. The first-order valence-corrected chi connectivity index (χ1v) is 12.1. The Kier molecular flexibility index (Phi) is 8.01. The molecule has 1 aromatic carbocycles. The highest BCUT2D eigenvalue weighted by Gasteiger charge is 2.22. The fraction of sp³-hybridized carbons (Fsp3) is 0.529. The summed E-state index contributed by atoms with van der Waals surface area (Å²) >= 11 is 7.01. The lowest BCUT2D eigenvalue weighted by atomic mass is 10.2. The van der Waals surface area contributed by atoms with Crippen molar-refractivity contribution in [1.82, 2.24) is 20.0 Å². The molecule has 1 aromatic heterocycles. The number of nitrogens with zero attached hydrogens (tertiary/aromatic N) is 2. The van der Waals surface area contributed by atoms with E-state index < -0.39 is 20.7 Å². The summed E-state index contributed by atoms with van der Waals surface area (Å²) in [5, 5.41) is 10.1. The van der Waals surface area contributed by atoms with Gasteiger partial charge in [0.2, 0.25) is 5.13 Å². The van der Waals surface area contributed by atoms with Crippen LogP contribution in [-0.4, -0.2) is 50.0 Å². The van der Waals surface area contributed by atoms with Crippen LogP contribution in [0.3, 0.4) is 0 Å². The lowest BCUT2D eigenvalue weighted by Gasteiger charge is -2.13. The summed E-state index contributed by atoms with van der Waals surface area (Å²) in [6, 6.07) is 2.77. The summed E-state index contributed by atoms with van der Waals surface area (Å²) in [5.74, 6) is -0.889. The molecule has 0 bridgehead atoms. The minimum atomic E-state index is -4.14. The second kappa shape index (κ2) is 10.5. The van der Waals surface area contributed by atoms with Crippen molar-refractivity contribution in [2.24, 2.45) is 0 Å². The Hall–Kier alpha value is -1.53. The number of rotatable bonds is 11. The zero-order valence-corrected chi connectivity index (χ0v) is 18.1. The molecular weight excluding hydrogens is 439 g/mol. The van der Waals surface area contributed by atoms with Crippen LogP contribution in [0.4, 0.5) is 15.2 Å². The molecule has 2 aromatic rings. The van der Waals surface area contributed by atoms with Crippen molar-refractivity contribution in [2.75, 3.05) is 36.2 Å². The van der Waals surface area contributed by atoms with Gasteiger partial charge in [-0.15, -0.1) is 0 Å². The zero-order valence-electron chi connectivity index (χ0n) is 15.7. The van der Waals surface area contributed by atoms with E-state index in [1.165, 1.54) is 19.2 Å². The summed E-state index contributed by atoms with van der Waals surface area (Å²) in [6.45, 7) is 3.60. The van der Waals surface area contributed by atoms with Crippen molar-refractivity contribution in [2.45, 2.75) is 36.6 Å². The van der Waals surface area contributed by atoms with Gasteiger partial charge in [0.05, 0.1) is 10.7 Å². The van der Waals surface area contributed by atoms with E-state index in [-0.39, 0.29) is 10.2 Å². The Morgan fingerprint density at radius 3 is 2.86 bits per heavy atom. The van der Waals surface area contributed by atoms with Gasteiger partial charge in [0.15, 0.2) is 0 Å². The van der Waals surface area contributed by atoms with Gasteiger partial charge in [-0.05, 0) is 50.9 Å². The van der Waals surface area contributed by atoms with Gasteiger partial charge in [-0.25, -0.2) is 17.8 Å². The quantitative estimate of drug-likeness (QED) is 0.380. The van der Waals surface area contributed by atoms with Gasteiger partial charge in [0.25, 0.3) is 10.0 Å². The van der Waals surface area contributed by atoms with Crippen LogP contribution in [0, 0.1) is 5.82 Å². The van der Waals surface area contributed by atoms with Gasteiger partial charge in [-0.3, -0.25) is 4.72 Å². The van der Waals surface area contributed by atoms with E-state index in [4.69, 9.17) is 11.6 Å². The van der Waals surface area contributed by atoms with E-state index >= 15 is 0 Å². The van der Waals surface area contributed by atoms with E-state index in [0.29, 0.717) is 18.3 Å². The van der Waals surface area contributed by atoms with Crippen molar-refractivity contribution in [3.63, 3.8) is 0 Å². The number of hydrogen-bond donors (Lipinski definition) is 4. The van der Waals surface area contributed by atoms with E-state index in [1.54, 1.807) is 0 Å². The molecule has 8 nitrogen and oxygen atoms in total. The molecule has 0 radical (unpaired) electrons. The molecule has 0 spiro atoms.